The molecule has 3 nitrogen and oxygen atoms in total. The fraction of sp³-hybridized carbons (Fsp3) is 0.429. The second-order valence-corrected chi connectivity index (χ2v) is 6.07. The van der Waals surface area contributed by atoms with Gasteiger partial charge < -0.3 is 5.32 Å². The molecule has 1 aromatic carbocycles. The Kier molecular flexibility index (Phi) is 4.99. The molecular formula is C14H18FN3S. The quantitative estimate of drug-likeness (QED) is 0.883. The fourth-order valence-electron chi connectivity index (χ4n) is 1.72. The van der Waals surface area contributed by atoms with Gasteiger partial charge in [0, 0.05) is 13.0 Å². The normalized spacial score (nSPS) is 11.2. The van der Waals surface area contributed by atoms with Crippen LogP contribution in [0.2, 0.25) is 0 Å². The van der Waals surface area contributed by atoms with E-state index in [9.17, 15) is 4.39 Å². The van der Waals surface area contributed by atoms with Gasteiger partial charge in [-0.25, -0.2) is 4.39 Å². The van der Waals surface area contributed by atoms with Crippen LogP contribution < -0.4 is 5.32 Å². The largest absolute Gasteiger partial charge is 0.310 e. The lowest BCUT2D eigenvalue weighted by Crippen LogP contribution is -2.18. The summed E-state index contributed by atoms with van der Waals surface area (Å²) in [4.78, 5) is 0. The predicted molar refractivity (Wildman–Crippen MR) is 75.7 cm³/mol. The number of aromatic nitrogens is 2. The van der Waals surface area contributed by atoms with Gasteiger partial charge in [0.2, 0.25) is 0 Å². The Morgan fingerprint density at radius 1 is 1.26 bits per heavy atom. The molecule has 0 bridgehead atoms. The van der Waals surface area contributed by atoms with Gasteiger partial charge in [-0.1, -0.05) is 37.3 Å². The van der Waals surface area contributed by atoms with Crippen LogP contribution in [0.1, 0.15) is 29.4 Å². The van der Waals surface area contributed by atoms with Gasteiger partial charge in [0.15, 0.2) is 0 Å². The van der Waals surface area contributed by atoms with E-state index in [-0.39, 0.29) is 5.82 Å². The molecule has 1 aromatic heterocycles. The third-order valence-electron chi connectivity index (χ3n) is 2.58. The van der Waals surface area contributed by atoms with Crippen LogP contribution in [0.5, 0.6) is 0 Å². The van der Waals surface area contributed by atoms with E-state index < -0.39 is 0 Å². The van der Waals surface area contributed by atoms with Crippen molar-refractivity contribution in [2.24, 2.45) is 5.92 Å². The molecule has 0 aliphatic rings. The van der Waals surface area contributed by atoms with E-state index in [1.807, 2.05) is 6.07 Å². The standard InChI is InChI=1S/C14H18FN3S/c1-10(2)8-16-9-14-18-17-13(19-14)7-11-4-3-5-12(15)6-11/h3-6,10,16H,7-9H2,1-2H3. The maximum atomic E-state index is 13.1. The second-order valence-electron chi connectivity index (χ2n) is 4.92. The number of rotatable bonds is 6. The van der Waals surface area contributed by atoms with E-state index in [0.717, 1.165) is 28.7 Å². The molecule has 2 rings (SSSR count). The Morgan fingerprint density at radius 2 is 2.05 bits per heavy atom. The van der Waals surface area contributed by atoms with E-state index in [4.69, 9.17) is 0 Å². The monoisotopic (exact) mass is 279 g/mol. The Bertz CT molecular complexity index is 525. The maximum Gasteiger partial charge on any atom is 0.131 e. The molecule has 5 heteroatoms. The van der Waals surface area contributed by atoms with E-state index in [1.165, 1.54) is 12.1 Å². The molecule has 0 saturated carbocycles. The lowest BCUT2D eigenvalue weighted by Gasteiger charge is -2.03. The van der Waals surface area contributed by atoms with Crippen LogP contribution in [0.25, 0.3) is 0 Å². The van der Waals surface area contributed by atoms with Crippen LogP contribution in [0.3, 0.4) is 0 Å². The molecule has 2 aromatic rings. The van der Waals surface area contributed by atoms with Crippen LogP contribution in [-0.4, -0.2) is 16.7 Å². The number of hydrogen-bond donors (Lipinski definition) is 1. The zero-order valence-electron chi connectivity index (χ0n) is 11.2. The van der Waals surface area contributed by atoms with Gasteiger partial charge in [-0.15, -0.1) is 10.2 Å². The van der Waals surface area contributed by atoms with Crippen LogP contribution in [0.4, 0.5) is 4.39 Å². The summed E-state index contributed by atoms with van der Waals surface area (Å²) in [7, 11) is 0. The van der Waals surface area contributed by atoms with Crippen molar-refractivity contribution >= 4 is 11.3 Å². The van der Waals surface area contributed by atoms with Crippen LogP contribution in [0.15, 0.2) is 24.3 Å². The van der Waals surface area contributed by atoms with Crippen molar-refractivity contribution in [3.05, 3.63) is 45.7 Å². The van der Waals surface area contributed by atoms with Gasteiger partial charge in [0.05, 0.1) is 0 Å². The van der Waals surface area contributed by atoms with Gasteiger partial charge in [-0.2, -0.15) is 0 Å². The first kappa shape index (κ1) is 14.1. The molecule has 102 valence electrons. The van der Waals surface area contributed by atoms with Gasteiger partial charge in [-0.3, -0.25) is 0 Å². The van der Waals surface area contributed by atoms with Crippen molar-refractivity contribution in [2.75, 3.05) is 6.54 Å². The minimum atomic E-state index is -0.208. The van der Waals surface area contributed by atoms with Crippen molar-refractivity contribution in [1.82, 2.24) is 15.5 Å². The highest BCUT2D eigenvalue weighted by molar-refractivity contribution is 7.11. The van der Waals surface area contributed by atoms with Crippen molar-refractivity contribution in [3.8, 4) is 0 Å². The molecule has 0 atom stereocenters. The lowest BCUT2D eigenvalue weighted by molar-refractivity contribution is 0.550. The highest BCUT2D eigenvalue weighted by Crippen LogP contribution is 2.15. The van der Waals surface area contributed by atoms with Gasteiger partial charge >= 0.3 is 0 Å². The smallest absolute Gasteiger partial charge is 0.131 e. The number of nitrogens with one attached hydrogen (secondary N) is 1. The second kappa shape index (κ2) is 6.73. The maximum absolute atomic E-state index is 13.1. The molecule has 0 aliphatic carbocycles. The van der Waals surface area contributed by atoms with E-state index in [2.05, 4.69) is 29.4 Å². The van der Waals surface area contributed by atoms with E-state index >= 15 is 0 Å². The van der Waals surface area contributed by atoms with Crippen molar-refractivity contribution in [3.63, 3.8) is 0 Å². The van der Waals surface area contributed by atoms with Gasteiger partial charge in [0.1, 0.15) is 15.8 Å². The summed E-state index contributed by atoms with van der Waals surface area (Å²) < 4.78 is 13.1. The Balaban J connectivity index is 1.90. The molecule has 0 spiro atoms. The van der Waals surface area contributed by atoms with E-state index in [0.29, 0.717) is 12.3 Å². The fourth-order valence-corrected chi connectivity index (χ4v) is 2.57. The molecule has 0 aliphatic heterocycles. The topological polar surface area (TPSA) is 37.8 Å². The summed E-state index contributed by atoms with van der Waals surface area (Å²) in [5, 5.41) is 13.5. The van der Waals surface area contributed by atoms with Crippen LogP contribution >= 0.6 is 11.3 Å². The predicted octanol–water partition coefficient (Wildman–Crippen LogP) is 3.01. The molecule has 0 unspecified atom stereocenters. The lowest BCUT2D eigenvalue weighted by atomic mass is 10.1. The molecule has 0 saturated heterocycles. The summed E-state index contributed by atoms with van der Waals surface area (Å²) in [5.74, 6) is 0.417. The number of benzene rings is 1. The molecule has 1 heterocycles. The van der Waals surface area contributed by atoms with Crippen molar-refractivity contribution in [1.29, 1.82) is 0 Å². The number of halogens is 1. The van der Waals surface area contributed by atoms with Gasteiger partial charge in [-0.05, 0) is 30.2 Å². The zero-order valence-corrected chi connectivity index (χ0v) is 12.0. The average molecular weight is 279 g/mol. The molecular weight excluding hydrogens is 261 g/mol. The third kappa shape index (κ3) is 4.69. The summed E-state index contributed by atoms with van der Waals surface area (Å²) >= 11 is 1.58. The van der Waals surface area contributed by atoms with Crippen molar-refractivity contribution < 1.29 is 4.39 Å². The number of hydrogen-bond acceptors (Lipinski definition) is 4. The van der Waals surface area contributed by atoms with Crippen molar-refractivity contribution in [2.45, 2.75) is 26.8 Å². The molecule has 0 amide bonds. The summed E-state index contributed by atoms with van der Waals surface area (Å²) in [5.41, 5.74) is 0.929. The zero-order chi connectivity index (χ0) is 13.7. The summed E-state index contributed by atoms with van der Waals surface area (Å²) in [6.45, 7) is 6.06. The molecule has 19 heavy (non-hydrogen) atoms. The highest BCUT2D eigenvalue weighted by atomic mass is 32.1. The molecule has 0 radical (unpaired) electrons. The highest BCUT2D eigenvalue weighted by Gasteiger charge is 2.06. The summed E-state index contributed by atoms with van der Waals surface area (Å²) in [6.07, 6.45) is 0.638. The first-order chi connectivity index (χ1) is 9.13. The third-order valence-corrected chi connectivity index (χ3v) is 3.51. The summed E-state index contributed by atoms with van der Waals surface area (Å²) in [6, 6.07) is 6.61. The van der Waals surface area contributed by atoms with Crippen LogP contribution in [-0.2, 0) is 13.0 Å². The molecule has 0 fully saturated rings. The Hall–Kier alpha value is -1.33. The average Bonchev–Trinajstić information content (AvgIpc) is 2.76. The first-order valence-electron chi connectivity index (χ1n) is 6.40. The number of nitrogens with zero attached hydrogens (tertiary/aromatic N) is 2. The van der Waals surface area contributed by atoms with Crippen LogP contribution in [0, 0.1) is 11.7 Å². The molecule has 1 N–H and O–H groups in total. The van der Waals surface area contributed by atoms with Gasteiger partial charge in [0.25, 0.3) is 0 Å². The SMILES string of the molecule is CC(C)CNCc1nnc(Cc2cccc(F)c2)s1. The minimum Gasteiger partial charge on any atom is -0.310 e. The Morgan fingerprint density at radius 3 is 2.79 bits per heavy atom. The van der Waals surface area contributed by atoms with E-state index in [1.54, 1.807) is 17.4 Å². The Labute approximate surface area is 116 Å². The minimum absolute atomic E-state index is 0.208. The first-order valence-corrected chi connectivity index (χ1v) is 7.21.